The standard InChI is InChI=1S/C14H22O2/c1-4-12(11-8-6-5-7-9-11)13(16)14(2,3)10-15/h5-9,12-13,15-16H,4,10H2,1-3H3. The zero-order valence-electron chi connectivity index (χ0n) is 10.4. The third kappa shape index (κ3) is 2.83. The van der Waals surface area contributed by atoms with Gasteiger partial charge < -0.3 is 10.2 Å². The molecule has 2 nitrogen and oxygen atoms in total. The summed E-state index contributed by atoms with van der Waals surface area (Å²) in [6.45, 7) is 5.85. The van der Waals surface area contributed by atoms with Crippen LogP contribution >= 0.6 is 0 Å². The van der Waals surface area contributed by atoms with Crippen LogP contribution in [-0.4, -0.2) is 22.9 Å². The van der Waals surface area contributed by atoms with E-state index >= 15 is 0 Å². The Morgan fingerprint density at radius 3 is 2.19 bits per heavy atom. The number of aliphatic hydroxyl groups excluding tert-OH is 2. The Hall–Kier alpha value is -0.860. The van der Waals surface area contributed by atoms with Gasteiger partial charge in [-0.15, -0.1) is 0 Å². The summed E-state index contributed by atoms with van der Waals surface area (Å²) in [6, 6.07) is 10.0. The highest BCUT2D eigenvalue weighted by atomic mass is 16.3. The van der Waals surface area contributed by atoms with Crippen LogP contribution in [0.4, 0.5) is 0 Å². The van der Waals surface area contributed by atoms with Crippen molar-refractivity contribution in [2.75, 3.05) is 6.61 Å². The van der Waals surface area contributed by atoms with Crippen molar-refractivity contribution >= 4 is 0 Å². The second kappa shape index (κ2) is 5.46. The molecule has 0 aliphatic carbocycles. The first kappa shape index (κ1) is 13.2. The fraction of sp³-hybridized carbons (Fsp3) is 0.571. The van der Waals surface area contributed by atoms with Gasteiger partial charge in [0.2, 0.25) is 0 Å². The molecule has 0 amide bonds. The molecule has 2 N–H and O–H groups in total. The Labute approximate surface area is 97.9 Å². The second-order valence-corrected chi connectivity index (χ2v) is 5.02. The lowest BCUT2D eigenvalue weighted by atomic mass is 9.76. The van der Waals surface area contributed by atoms with E-state index in [1.807, 2.05) is 44.2 Å². The first-order chi connectivity index (χ1) is 7.53. The van der Waals surface area contributed by atoms with E-state index in [0.717, 1.165) is 12.0 Å². The minimum absolute atomic E-state index is 0.00248. The molecule has 1 aromatic rings. The molecule has 2 unspecified atom stereocenters. The van der Waals surface area contributed by atoms with Crippen LogP contribution in [0.2, 0.25) is 0 Å². The largest absolute Gasteiger partial charge is 0.396 e. The monoisotopic (exact) mass is 222 g/mol. The van der Waals surface area contributed by atoms with Gasteiger partial charge in [-0.25, -0.2) is 0 Å². The van der Waals surface area contributed by atoms with Gasteiger partial charge in [-0.05, 0) is 12.0 Å². The molecule has 0 spiro atoms. The van der Waals surface area contributed by atoms with E-state index in [0.29, 0.717) is 0 Å². The van der Waals surface area contributed by atoms with Crippen molar-refractivity contribution in [3.63, 3.8) is 0 Å². The lowest BCUT2D eigenvalue weighted by Gasteiger charge is -2.34. The fourth-order valence-corrected chi connectivity index (χ4v) is 1.98. The van der Waals surface area contributed by atoms with Gasteiger partial charge in [-0.1, -0.05) is 51.1 Å². The van der Waals surface area contributed by atoms with Crippen molar-refractivity contribution in [1.29, 1.82) is 0 Å². The van der Waals surface area contributed by atoms with Crippen LogP contribution in [0.15, 0.2) is 30.3 Å². The molecule has 16 heavy (non-hydrogen) atoms. The number of rotatable bonds is 5. The average Bonchev–Trinajstić information content (AvgIpc) is 2.31. The molecule has 0 bridgehead atoms. The van der Waals surface area contributed by atoms with Crippen LogP contribution in [0.1, 0.15) is 38.7 Å². The summed E-state index contributed by atoms with van der Waals surface area (Å²) in [4.78, 5) is 0. The topological polar surface area (TPSA) is 40.5 Å². The van der Waals surface area contributed by atoms with Crippen LogP contribution in [0.25, 0.3) is 0 Å². The van der Waals surface area contributed by atoms with E-state index in [1.165, 1.54) is 0 Å². The van der Waals surface area contributed by atoms with Crippen molar-refractivity contribution in [2.24, 2.45) is 5.41 Å². The maximum atomic E-state index is 10.3. The Balaban J connectivity index is 2.91. The lowest BCUT2D eigenvalue weighted by molar-refractivity contribution is -0.0104. The molecule has 0 aliphatic rings. The van der Waals surface area contributed by atoms with E-state index in [-0.39, 0.29) is 12.5 Å². The molecule has 2 atom stereocenters. The molecular weight excluding hydrogens is 200 g/mol. The van der Waals surface area contributed by atoms with E-state index in [4.69, 9.17) is 0 Å². The van der Waals surface area contributed by atoms with Crippen molar-refractivity contribution in [2.45, 2.75) is 39.2 Å². The number of hydrogen-bond acceptors (Lipinski definition) is 2. The Bertz CT molecular complexity index is 306. The van der Waals surface area contributed by atoms with Crippen molar-refractivity contribution in [1.82, 2.24) is 0 Å². The summed E-state index contributed by atoms with van der Waals surface area (Å²) >= 11 is 0. The number of aliphatic hydroxyl groups is 2. The van der Waals surface area contributed by atoms with E-state index < -0.39 is 11.5 Å². The van der Waals surface area contributed by atoms with Gasteiger partial charge in [0.05, 0.1) is 12.7 Å². The van der Waals surface area contributed by atoms with Gasteiger partial charge in [-0.3, -0.25) is 0 Å². The number of benzene rings is 1. The van der Waals surface area contributed by atoms with Gasteiger partial charge >= 0.3 is 0 Å². The third-order valence-corrected chi connectivity index (χ3v) is 3.26. The molecule has 0 fully saturated rings. The van der Waals surface area contributed by atoms with Crippen LogP contribution in [0.5, 0.6) is 0 Å². The first-order valence-electron chi connectivity index (χ1n) is 5.86. The minimum Gasteiger partial charge on any atom is -0.396 e. The normalized spacial score (nSPS) is 15.8. The second-order valence-electron chi connectivity index (χ2n) is 5.02. The van der Waals surface area contributed by atoms with Crippen LogP contribution in [0.3, 0.4) is 0 Å². The Morgan fingerprint density at radius 2 is 1.75 bits per heavy atom. The number of hydrogen-bond donors (Lipinski definition) is 2. The average molecular weight is 222 g/mol. The quantitative estimate of drug-likeness (QED) is 0.804. The maximum Gasteiger partial charge on any atom is 0.0681 e. The summed E-state index contributed by atoms with van der Waals surface area (Å²) < 4.78 is 0. The highest BCUT2D eigenvalue weighted by Gasteiger charge is 2.33. The zero-order valence-corrected chi connectivity index (χ0v) is 10.4. The summed E-state index contributed by atoms with van der Waals surface area (Å²) in [5.74, 6) is 0.0864. The summed E-state index contributed by atoms with van der Waals surface area (Å²) in [5.41, 5.74) is 0.676. The maximum absolute atomic E-state index is 10.3. The molecule has 0 aromatic heterocycles. The van der Waals surface area contributed by atoms with Crippen LogP contribution < -0.4 is 0 Å². The highest BCUT2D eigenvalue weighted by molar-refractivity contribution is 5.21. The first-order valence-corrected chi connectivity index (χ1v) is 5.86. The summed E-state index contributed by atoms with van der Waals surface area (Å²) in [7, 11) is 0. The Morgan fingerprint density at radius 1 is 1.19 bits per heavy atom. The molecule has 0 saturated carbocycles. The minimum atomic E-state index is -0.523. The van der Waals surface area contributed by atoms with E-state index in [2.05, 4.69) is 6.92 Å². The van der Waals surface area contributed by atoms with Crippen molar-refractivity contribution in [3.8, 4) is 0 Å². The molecule has 0 aliphatic heterocycles. The van der Waals surface area contributed by atoms with E-state index in [1.54, 1.807) is 0 Å². The van der Waals surface area contributed by atoms with E-state index in [9.17, 15) is 10.2 Å². The predicted octanol–water partition coefficient (Wildman–Crippen LogP) is 2.56. The molecule has 90 valence electrons. The summed E-state index contributed by atoms with van der Waals surface area (Å²) in [5, 5.41) is 19.6. The molecule has 0 heterocycles. The predicted molar refractivity (Wildman–Crippen MR) is 66.3 cm³/mol. The van der Waals surface area contributed by atoms with Crippen molar-refractivity contribution in [3.05, 3.63) is 35.9 Å². The molecule has 0 radical (unpaired) electrons. The molecule has 1 aromatic carbocycles. The smallest absolute Gasteiger partial charge is 0.0681 e. The Kier molecular flexibility index (Phi) is 4.51. The molecular formula is C14H22O2. The summed E-state index contributed by atoms with van der Waals surface area (Å²) in [6.07, 6.45) is 0.346. The highest BCUT2D eigenvalue weighted by Crippen LogP contribution is 2.33. The third-order valence-electron chi connectivity index (χ3n) is 3.26. The van der Waals surface area contributed by atoms with Gasteiger partial charge in [0, 0.05) is 11.3 Å². The SMILES string of the molecule is CCC(c1ccccc1)C(O)C(C)(C)CO. The van der Waals surface area contributed by atoms with Gasteiger partial charge in [0.1, 0.15) is 0 Å². The fourth-order valence-electron chi connectivity index (χ4n) is 1.98. The van der Waals surface area contributed by atoms with Gasteiger partial charge in [-0.2, -0.15) is 0 Å². The van der Waals surface area contributed by atoms with Crippen molar-refractivity contribution < 1.29 is 10.2 Å². The van der Waals surface area contributed by atoms with Gasteiger partial charge in [0.25, 0.3) is 0 Å². The van der Waals surface area contributed by atoms with Crippen LogP contribution in [0, 0.1) is 5.41 Å². The van der Waals surface area contributed by atoms with Gasteiger partial charge in [0.15, 0.2) is 0 Å². The molecule has 2 heteroatoms. The molecule has 1 rings (SSSR count). The lowest BCUT2D eigenvalue weighted by Crippen LogP contribution is -2.37. The zero-order chi connectivity index (χ0) is 12.2. The van der Waals surface area contributed by atoms with Crippen LogP contribution in [-0.2, 0) is 0 Å². The molecule has 0 saturated heterocycles.